The predicted molar refractivity (Wildman–Crippen MR) is 108 cm³/mol. The van der Waals surface area contributed by atoms with Crippen molar-refractivity contribution in [2.45, 2.75) is 19.3 Å². The fourth-order valence-electron chi connectivity index (χ4n) is 3.18. The molecule has 2 aromatic carbocycles. The summed E-state index contributed by atoms with van der Waals surface area (Å²) in [5.41, 5.74) is 0.278. The summed E-state index contributed by atoms with van der Waals surface area (Å²) in [7, 11) is 0. The fourth-order valence-corrected chi connectivity index (χ4v) is 3.47. The van der Waals surface area contributed by atoms with Crippen LogP contribution in [0.5, 0.6) is 5.75 Å². The molecule has 1 aliphatic heterocycles. The van der Waals surface area contributed by atoms with Crippen LogP contribution >= 0.6 is 12.2 Å². The van der Waals surface area contributed by atoms with Crippen LogP contribution in [0.2, 0.25) is 0 Å². The Morgan fingerprint density at radius 2 is 1.73 bits per heavy atom. The molecule has 1 aliphatic rings. The van der Waals surface area contributed by atoms with Gasteiger partial charge in [-0.2, -0.15) is 22.0 Å². The molecule has 1 saturated heterocycles. The molecule has 0 unspecified atom stereocenters. The van der Waals surface area contributed by atoms with Gasteiger partial charge in [-0.3, -0.25) is 4.90 Å². The summed E-state index contributed by atoms with van der Waals surface area (Å²) in [5, 5.41) is 3.30. The van der Waals surface area contributed by atoms with E-state index in [-0.39, 0.29) is 5.75 Å². The van der Waals surface area contributed by atoms with Gasteiger partial charge < -0.3 is 15.0 Å². The first kappa shape index (κ1) is 22.2. The molecule has 2 aromatic rings. The lowest BCUT2D eigenvalue weighted by Crippen LogP contribution is -2.49. The third-order valence-corrected chi connectivity index (χ3v) is 5.02. The van der Waals surface area contributed by atoms with Gasteiger partial charge in [0.05, 0.1) is 11.3 Å². The summed E-state index contributed by atoms with van der Waals surface area (Å²) in [4.78, 5) is 3.93. The number of alkyl halides is 5. The zero-order valence-electron chi connectivity index (χ0n) is 15.8. The maximum atomic E-state index is 12.9. The summed E-state index contributed by atoms with van der Waals surface area (Å²) >= 11 is 5.38. The Morgan fingerprint density at radius 3 is 2.40 bits per heavy atom. The van der Waals surface area contributed by atoms with Gasteiger partial charge in [-0.25, -0.2) is 0 Å². The van der Waals surface area contributed by atoms with E-state index in [0.29, 0.717) is 49.1 Å². The molecule has 162 valence electrons. The number of piperazine rings is 1. The van der Waals surface area contributed by atoms with Crippen molar-refractivity contribution >= 4 is 23.0 Å². The molecule has 0 aliphatic carbocycles. The van der Waals surface area contributed by atoms with Crippen LogP contribution in [0, 0.1) is 0 Å². The van der Waals surface area contributed by atoms with Crippen LogP contribution in [0.25, 0.3) is 0 Å². The zero-order chi connectivity index (χ0) is 21.7. The first-order valence-corrected chi connectivity index (χ1v) is 9.61. The molecule has 1 N–H and O–H groups in total. The Morgan fingerprint density at radius 1 is 1.03 bits per heavy atom. The van der Waals surface area contributed by atoms with Gasteiger partial charge in [-0.1, -0.05) is 30.3 Å². The minimum Gasteiger partial charge on any atom is -0.433 e. The highest BCUT2D eigenvalue weighted by Crippen LogP contribution is 2.30. The number of benzene rings is 2. The molecule has 0 saturated carbocycles. The summed E-state index contributed by atoms with van der Waals surface area (Å²) in [6.45, 7) is -0.213. The number of hydrogen-bond acceptors (Lipinski definition) is 3. The van der Waals surface area contributed by atoms with Crippen LogP contribution in [0.15, 0.2) is 48.5 Å². The van der Waals surface area contributed by atoms with E-state index < -0.39 is 18.4 Å². The zero-order valence-corrected chi connectivity index (χ0v) is 16.6. The molecule has 0 spiro atoms. The standard InChI is InChI=1S/C20H20F5N3OS/c21-18(22)29-17-7-2-1-6-16(17)26-19(30)28-10-8-27(9-11-28)13-14-4-3-5-15(12-14)20(23,24)25/h1-7,12,18H,8-11,13H2,(H,26,30). The molecule has 10 heteroatoms. The van der Waals surface area contributed by atoms with Crippen molar-refractivity contribution < 1.29 is 26.7 Å². The highest BCUT2D eigenvalue weighted by molar-refractivity contribution is 7.80. The molecule has 1 fully saturated rings. The normalized spacial score (nSPS) is 15.3. The second-order valence-corrected chi connectivity index (χ2v) is 7.15. The fraction of sp³-hybridized carbons (Fsp3) is 0.350. The van der Waals surface area contributed by atoms with Crippen molar-refractivity contribution in [3.05, 3.63) is 59.7 Å². The Hall–Kier alpha value is -2.46. The Balaban J connectivity index is 1.54. The summed E-state index contributed by atoms with van der Waals surface area (Å²) in [6, 6.07) is 11.6. The number of hydrogen-bond donors (Lipinski definition) is 1. The van der Waals surface area contributed by atoms with Gasteiger partial charge in [0.25, 0.3) is 0 Å². The van der Waals surface area contributed by atoms with Crippen molar-refractivity contribution in [2.75, 3.05) is 31.5 Å². The van der Waals surface area contributed by atoms with E-state index in [4.69, 9.17) is 12.2 Å². The number of halogens is 5. The predicted octanol–water partition coefficient (Wildman–Crippen LogP) is 4.82. The number of rotatable bonds is 5. The highest BCUT2D eigenvalue weighted by atomic mass is 32.1. The van der Waals surface area contributed by atoms with Gasteiger partial charge in [-0.15, -0.1) is 0 Å². The molecule has 4 nitrogen and oxygen atoms in total. The van der Waals surface area contributed by atoms with Gasteiger partial charge in [0.2, 0.25) is 0 Å². The summed E-state index contributed by atoms with van der Waals surface area (Å²) in [6.07, 6.45) is -4.36. The molecule has 30 heavy (non-hydrogen) atoms. The molecule has 0 atom stereocenters. The molecule has 0 radical (unpaired) electrons. The number of anilines is 1. The molecule has 0 amide bonds. The van der Waals surface area contributed by atoms with Crippen LogP contribution in [-0.4, -0.2) is 47.7 Å². The smallest absolute Gasteiger partial charge is 0.416 e. The third-order valence-electron chi connectivity index (χ3n) is 4.66. The molecular formula is C20H20F5N3OS. The first-order chi connectivity index (χ1) is 14.2. The van der Waals surface area contributed by atoms with Crippen LogP contribution in [0.3, 0.4) is 0 Å². The minimum atomic E-state index is -4.36. The summed E-state index contributed by atoms with van der Waals surface area (Å²) < 4.78 is 68.2. The van der Waals surface area contributed by atoms with Crippen LogP contribution in [0.4, 0.5) is 27.6 Å². The molecule has 3 rings (SSSR count). The second kappa shape index (κ2) is 9.57. The van der Waals surface area contributed by atoms with Gasteiger partial charge in [0.15, 0.2) is 5.11 Å². The average Bonchev–Trinajstić information content (AvgIpc) is 2.69. The van der Waals surface area contributed by atoms with Crippen molar-refractivity contribution in [3.8, 4) is 5.75 Å². The van der Waals surface area contributed by atoms with Crippen LogP contribution in [0.1, 0.15) is 11.1 Å². The largest absolute Gasteiger partial charge is 0.433 e. The van der Waals surface area contributed by atoms with E-state index in [9.17, 15) is 22.0 Å². The lowest BCUT2D eigenvalue weighted by atomic mass is 10.1. The molecule has 0 bridgehead atoms. The lowest BCUT2D eigenvalue weighted by molar-refractivity contribution is -0.137. The monoisotopic (exact) mass is 445 g/mol. The van der Waals surface area contributed by atoms with Crippen LogP contribution in [-0.2, 0) is 12.7 Å². The molecular weight excluding hydrogens is 425 g/mol. The van der Waals surface area contributed by atoms with Crippen molar-refractivity contribution in [2.24, 2.45) is 0 Å². The number of nitrogens with zero attached hydrogens (tertiary/aromatic N) is 2. The van der Waals surface area contributed by atoms with E-state index in [1.807, 2.05) is 9.80 Å². The third kappa shape index (κ3) is 6.02. The van der Waals surface area contributed by atoms with Gasteiger partial charge >= 0.3 is 12.8 Å². The number of para-hydroxylation sites is 2. The second-order valence-electron chi connectivity index (χ2n) is 6.77. The molecule has 1 heterocycles. The van der Waals surface area contributed by atoms with Gasteiger partial charge in [-0.05, 0) is 36.0 Å². The Bertz CT molecular complexity index is 870. The SMILES string of the molecule is FC(F)Oc1ccccc1NC(=S)N1CCN(Cc2cccc(C(F)(F)F)c2)CC1. The van der Waals surface area contributed by atoms with Gasteiger partial charge in [0.1, 0.15) is 5.75 Å². The summed E-state index contributed by atoms with van der Waals surface area (Å²) in [5.74, 6) is -0.00182. The first-order valence-electron chi connectivity index (χ1n) is 9.20. The van der Waals surface area contributed by atoms with E-state index in [0.717, 1.165) is 6.07 Å². The van der Waals surface area contributed by atoms with E-state index in [2.05, 4.69) is 10.1 Å². The number of ether oxygens (including phenoxy) is 1. The number of thiocarbonyl (C=S) groups is 1. The topological polar surface area (TPSA) is 27.7 Å². The number of nitrogens with one attached hydrogen (secondary N) is 1. The highest BCUT2D eigenvalue weighted by Gasteiger charge is 2.30. The Kier molecular flexibility index (Phi) is 7.09. The quantitative estimate of drug-likeness (QED) is 0.526. The maximum absolute atomic E-state index is 12.9. The van der Waals surface area contributed by atoms with Crippen molar-refractivity contribution in [1.82, 2.24) is 9.80 Å². The van der Waals surface area contributed by atoms with Crippen LogP contribution < -0.4 is 10.1 Å². The van der Waals surface area contributed by atoms with Gasteiger partial charge in [0, 0.05) is 32.7 Å². The van der Waals surface area contributed by atoms with E-state index >= 15 is 0 Å². The Labute approximate surface area is 176 Å². The van der Waals surface area contributed by atoms with Crippen molar-refractivity contribution in [3.63, 3.8) is 0 Å². The average molecular weight is 445 g/mol. The molecule has 0 aromatic heterocycles. The van der Waals surface area contributed by atoms with E-state index in [1.165, 1.54) is 18.2 Å². The van der Waals surface area contributed by atoms with E-state index in [1.54, 1.807) is 24.3 Å². The van der Waals surface area contributed by atoms with Crippen molar-refractivity contribution in [1.29, 1.82) is 0 Å². The maximum Gasteiger partial charge on any atom is 0.416 e. The minimum absolute atomic E-state index is 0.00182. The lowest BCUT2D eigenvalue weighted by Gasteiger charge is -2.36.